The molecule has 3 aromatic rings. The molecule has 5 nitrogen and oxygen atoms in total. The van der Waals surface area contributed by atoms with E-state index in [0.29, 0.717) is 27.2 Å². The van der Waals surface area contributed by atoms with Crippen LogP contribution in [0.1, 0.15) is 10.4 Å². The summed E-state index contributed by atoms with van der Waals surface area (Å²) < 4.78 is 0.909. The van der Waals surface area contributed by atoms with Crippen LogP contribution in [0.4, 0.5) is 10.8 Å². The molecule has 2 heterocycles. The van der Waals surface area contributed by atoms with Crippen LogP contribution in [0, 0.1) is 0 Å². The number of benzene rings is 2. The summed E-state index contributed by atoms with van der Waals surface area (Å²) >= 11 is 8.79. The summed E-state index contributed by atoms with van der Waals surface area (Å²) in [6.45, 7) is 0. The highest BCUT2D eigenvalue weighted by molar-refractivity contribution is 8.00. The van der Waals surface area contributed by atoms with E-state index in [1.807, 2.05) is 18.2 Å². The van der Waals surface area contributed by atoms with E-state index in [-0.39, 0.29) is 11.8 Å². The fourth-order valence-corrected chi connectivity index (χ4v) is 4.27. The van der Waals surface area contributed by atoms with E-state index in [2.05, 4.69) is 15.6 Å². The maximum atomic E-state index is 12.4. The molecule has 1 aromatic heterocycles. The van der Waals surface area contributed by atoms with Gasteiger partial charge in [0.2, 0.25) is 5.91 Å². The van der Waals surface area contributed by atoms with Crippen LogP contribution in [0.2, 0.25) is 5.02 Å². The molecule has 2 aromatic carbocycles. The average molecular weight is 376 g/mol. The Balaban J connectivity index is 1.59. The predicted molar refractivity (Wildman–Crippen MR) is 98.4 cm³/mol. The topological polar surface area (TPSA) is 71.1 Å². The van der Waals surface area contributed by atoms with E-state index in [1.54, 1.807) is 18.2 Å². The Morgan fingerprint density at radius 3 is 3.00 bits per heavy atom. The van der Waals surface area contributed by atoms with Crippen LogP contribution in [0.5, 0.6) is 0 Å². The van der Waals surface area contributed by atoms with Crippen molar-refractivity contribution in [3.63, 3.8) is 0 Å². The van der Waals surface area contributed by atoms with Crippen LogP contribution >= 0.6 is 34.7 Å². The Morgan fingerprint density at radius 2 is 2.12 bits per heavy atom. The Hall–Kier alpha value is -2.09. The summed E-state index contributed by atoms with van der Waals surface area (Å²) in [5.74, 6) is 0.0631. The molecule has 120 valence electrons. The van der Waals surface area contributed by atoms with Crippen molar-refractivity contribution in [1.29, 1.82) is 0 Å². The van der Waals surface area contributed by atoms with Crippen molar-refractivity contribution in [2.24, 2.45) is 0 Å². The molecule has 4 rings (SSSR count). The minimum absolute atomic E-state index is 0.0619. The van der Waals surface area contributed by atoms with Crippen molar-refractivity contribution in [3.8, 4) is 0 Å². The molecule has 0 unspecified atom stereocenters. The summed E-state index contributed by atoms with van der Waals surface area (Å²) in [5.41, 5.74) is 1.92. The SMILES string of the molecule is O=C1CSc2ccc(C(=O)Nc3nc4ccc(Cl)cc4s3)cc2N1. The number of amides is 2. The molecule has 0 fully saturated rings. The molecular weight excluding hydrogens is 366 g/mol. The van der Waals surface area contributed by atoms with Gasteiger partial charge in [0.15, 0.2) is 5.13 Å². The number of hydrogen-bond acceptors (Lipinski definition) is 5. The first-order valence-electron chi connectivity index (χ1n) is 7.03. The van der Waals surface area contributed by atoms with Crippen molar-refractivity contribution in [3.05, 3.63) is 47.0 Å². The lowest BCUT2D eigenvalue weighted by Crippen LogP contribution is -2.19. The molecule has 8 heteroatoms. The second-order valence-corrected chi connectivity index (χ2v) is 7.62. The van der Waals surface area contributed by atoms with Gasteiger partial charge >= 0.3 is 0 Å². The number of carbonyl (C=O) groups is 2. The summed E-state index contributed by atoms with van der Waals surface area (Å²) in [4.78, 5) is 29.2. The number of halogens is 1. The van der Waals surface area contributed by atoms with Crippen molar-refractivity contribution >= 4 is 67.5 Å². The second-order valence-electron chi connectivity index (χ2n) is 5.13. The highest BCUT2D eigenvalue weighted by atomic mass is 35.5. The standard InChI is InChI=1S/C16H10ClN3O2S2/c17-9-2-3-10-13(6-9)24-16(19-10)20-15(22)8-1-4-12-11(5-8)18-14(21)7-23-12/h1-6H,7H2,(H,18,21)(H,19,20,22). The number of carbonyl (C=O) groups excluding carboxylic acids is 2. The van der Waals surface area contributed by atoms with Crippen LogP contribution in [-0.4, -0.2) is 22.6 Å². The maximum absolute atomic E-state index is 12.4. The normalized spacial score (nSPS) is 13.5. The third-order valence-corrected chi connectivity index (χ3v) is 5.69. The molecule has 0 spiro atoms. The molecule has 2 N–H and O–H groups in total. The number of rotatable bonds is 2. The van der Waals surface area contributed by atoms with E-state index in [4.69, 9.17) is 11.6 Å². The van der Waals surface area contributed by atoms with Crippen LogP contribution in [-0.2, 0) is 4.79 Å². The van der Waals surface area contributed by atoms with Gasteiger partial charge in [0, 0.05) is 15.5 Å². The number of nitrogens with one attached hydrogen (secondary N) is 2. The average Bonchev–Trinajstić information content (AvgIpc) is 2.95. The Labute approximate surface area is 150 Å². The lowest BCUT2D eigenvalue weighted by Gasteiger charge is -2.16. The van der Waals surface area contributed by atoms with Crippen LogP contribution in [0.3, 0.4) is 0 Å². The molecule has 0 saturated carbocycles. The van der Waals surface area contributed by atoms with E-state index < -0.39 is 0 Å². The number of anilines is 2. The lowest BCUT2D eigenvalue weighted by atomic mass is 10.2. The molecule has 0 saturated heterocycles. The third-order valence-electron chi connectivity index (χ3n) is 3.45. The molecule has 0 bridgehead atoms. The zero-order valence-corrected chi connectivity index (χ0v) is 14.5. The molecule has 2 amide bonds. The smallest absolute Gasteiger partial charge is 0.257 e. The Bertz CT molecular complexity index is 987. The first kappa shape index (κ1) is 15.4. The number of aromatic nitrogens is 1. The zero-order valence-electron chi connectivity index (χ0n) is 12.1. The summed E-state index contributed by atoms with van der Waals surface area (Å²) in [7, 11) is 0. The van der Waals surface area contributed by atoms with Crippen molar-refractivity contribution in [2.45, 2.75) is 4.90 Å². The summed E-state index contributed by atoms with van der Waals surface area (Å²) in [6.07, 6.45) is 0. The van der Waals surface area contributed by atoms with Crippen LogP contribution < -0.4 is 10.6 Å². The Morgan fingerprint density at radius 1 is 1.25 bits per heavy atom. The predicted octanol–water partition coefficient (Wildman–Crippen LogP) is 4.25. The maximum Gasteiger partial charge on any atom is 0.257 e. The van der Waals surface area contributed by atoms with E-state index in [1.165, 1.54) is 23.1 Å². The third kappa shape index (κ3) is 2.98. The first-order chi connectivity index (χ1) is 11.6. The molecular formula is C16H10ClN3O2S2. The van der Waals surface area contributed by atoms with E-state index in [0.717, 1.165) is 15.1 Å². The molecule has 24 heavy (non-hydrogen) atoms. The number of nitrogens with zero attached hydrogens (tertiary/aromatic N) is 1. The van der Waals surface area contributed by atoms with E-state index >= 15 is 0 Å². The first-order valence-corrected chi connectivity index (χ1v) is 9.21. The highest BCUT2D eigenvalue weighted by Gasteiger charge is 2.18. The molecule has 0 radical (unpaired) electrons. The summed E-state index contributed by atoms with van der Waals surface area (Å²) in [5, 5.41) is 6.71. The number of thiazole rings is 1. The van der Waals surface area contributed by atoms with Crippen molar-refractivity contribution < 1.29 is 9.59 Å². The monoisotopic (exact) mass is 375 g/mol. The molecule has 0 aliphatic carbocycles. The van der Waals surface area contributed by atoms with Gasteiger partial charge in [-0.25, -0.2) is 4.98 Å². The minimum atomic E-state index is -0.271. The number of hydrogen-bond donors (Lipinski definition) is 2. The fraction of sp³-hybridized carbons (Fsp3) is 0.0625. The largest absolute Gasteiger partial charge is 0.324 e. The lowest BCUT2D eigenvalue weighted by molar-refractivity contribution is -0.113. The number of fused-ring (bicyclic) bond motifs is 2. The molecule has 1 aliphatic heterocycles. The highest BCUT2D eigenvalue weighted by Crippen LogP contribution is 2.33. The quantitative estimate of drug-likeness (QED) is 0.702. The Kier molecular flexibility index (Phi) is 3.91. The van der Waals surface area contributed by atoms with Crippen molar-refractivity contribution in [2.75, 3.05) is 16.4 Å². The van der Waals surface area contributed by atoms with Gasteiger partial charge in [-0.1, -0.05) is 22.9 Å². The zero-order chi connectivity index (χ0) is 16.7. The van der Waals surface area contributed by atoms with Crippen molar-refractivity contribution in [1.82, 2.24) is 4.98 Å². The fourth-order valence-electron chi connectivity index (χ4n) is 2.35. The van der Waals surface area contributed by atoms with Gasteiger partial charge in [0.1, 0.15) is 0 Å². The van der Waals surface area contributed by atoms with Crippen LogP contribution in [0.15, 0.2) is 41.3 Å². The van der Waals surface area contributed by atoms with Gasteiger partial charge in [-0.2, -0.15) is 0 Å². The van der Waals surface area contributed by atoms with Crippen LogP contribution in [0.25, 0.3) is 10.2 Å². The van der Waals surface area contributed by atoms with Gasteiger partial charge in [0.05, 0.1) is 21.7 Å². The van der Waals surface area contributed by atoms with E-state index in [9.17, 15) is 9.59 Å². The van der Waals surface area contributed by atoms with Gasteiger partial charge in [-0.15, -0.1) is 11.8 Å². The second kappa shape index (κ2) is 6.08. The molecule has 1 aliphatic rings. The molecule has 0 atom stereocenters. The van der Waals surface area contributed by atoms with Gasteiger partial charge in [-0.3, -0.25) is 14.9 Å². The summed E-state index contributed by atoms with van der Waals surface area (Å²) in [6, 6.07) is 10.7. The number of thioether (sulfide) groups is 1. The van der Waals surface area contributed by atoms with Gasteiger partial charge < -0.3 is 5.32 Å². The van der Waals surface area contributed by atoms with Gasteiger partial charge in [0.25, 0.3) is 5.91 Å². The minimum Gasteiger partial charge on any atom is -0.324 e. The van der Waals surface area contributed by atoms with Gasteiger partial charge in [-0.05, 0) is 36.4 Å².